The van der Waals surface area contributed by atoms with Crippen molar-refractivity contribution in [2.75, 3.05) is 13.7 Å². The van der Waals surface area contributed by atoms with Gasteiger partial charge in [0, 0.05) is 17.7 Å². The molecule has 192 valence electrons. The van der Waals surface area contributed by atoms with Crippen LogP contribution in [0.5, 0.6) is 5.75 Å². The van der Waals surface area contributed by atoms with Crippen molar-refractivity contribution < 1.29 is 33.3 Å². The van der Waals surface area contributed by atoms with Crippen LogP contribution >= 0.6 is 0 Å². The number of halogens is 1. The minimum absolute atomic E-state index is 0. The molecular weight excluding hydrogens is 553 g/mol. The average Bonchev–Trinajstić information content (AvgIpc) is 3.07. The molecule has 2 nitrogen and oxygen atoms in total. The van der Waals surface area contributed by atoms with Gasteiger partial charge in [0.1, 0.15) is 12.8 Å². The Morgan fingerprint density at radius 1 is 0.778 bits per heavy atom. The van der Waals surface area contributed by atoms with E-state index in [-0.39, 0.29) is 29.4 Å². The SMILES string of the molecule is CCCCCCCCCCOc1ccc(C=CC2=[N+](C)c3ccc4ccccc4c3C2(C)C)cc1.[I-]. The normalized spacial score (nSPS) is 14.3. The first-order chi connectivity index (χ1) is 17.0. The second-order valence-corrected chi connectivity index (χ2v) is 10.5. The van der Waals surface area contributed by atoms with E-state index in [1.54, 1.807) is 0 Å². The Hall–Kier alpha value is -2.14. The third-order valence-corrected chi connectivity index (χ3v) is 7.48. The van der Waals surface area contributed by atoms with Crippen LogP contribution < -0.4 is 28.7 Å². The maximum atomic E-state index is 5.98. The number of ether oxygens (including phenoxy) is 1. The summed E-state index contributed by atoms with van der Waals surface area (Å²) in [6, 6.07) is 21.7. The zero-order chi connectivity index (χ0) is 24.7. The van der Waals surface area contributed by atoms with E-state index in [2.05, 4.69) is 105 Å². The highest BCUT2D eigenvalue weighted by Gasteiger charge is 2.44. The maximum absolute atomic E-state index is 5.98. The Kier molecular flexibility index (Phi) is 10.6. The first-order valence-corrected chi connectivity index (χ1v) is 13.6. The summed E-state index contributed by atoms with van der Waals surface area (Å²) in [5.41, 5.74) is 5.18. The van der Waals surface area contributed by atoms with Gasteiger partial charge in [0.25, 0.3) is 0 Å². The van der Waals surface area contributed by atoms with Crippen molar-refractivity contribution in [3.05, 3.63) is 77.9 Å². The molecule has 3 aromatic rings. The first-order valence-electron chi connectivity index (χ1n) is 13.6. The standard InChI is InChI=1S/C33H42NO.HI/c1-5-6-7-8-9-10-11-14-25-35-28-21-17-26(18-22-28)19-24-31-33(2,3)32-29-16-13-12-15-27(29)20-23-30(32)34(31)4;/h12-13,15-24H,5-11,14,25H2,1-4H3;1H/q+1;/p-1. The van der Waals surface area contributed by atoms with Gasteiger partial charge in [-0.05, 0) is 60.9 Å². The van der Waals surface area contributed by atoms with E-state index >= 15 is 0 Å². The molecule has 0 radical (unpaired) electrons. The molecule has 4 rings (SSSR count). The van der Waals surface area contributed by atoms with E-state index in [1.165, 1.54) is 78.2 Å². The summed E-state index contributed by atoms with van der Waals surface area (Å²) in [7, 11) is 2.18. The van der Waals surface area contributed by atoms with Gasteiger partial charge in [0.2, 0.25) is 5.69 Å². The minimum Gasteiger partial charge on any atom is -1.00 e. The van der Waals surface area contributed by atoms with Crippen molar-refractivity contribution in [2.45, 2.75) is 77.6 Å². The van der Waals surface area contributed by atoms with Crippen molar-refractivity contribution in [2.24, 2.45) is 0 Å². The Morgan fingerprint density at radius 2 is 1.44 bits per heavy atom. The molecule has 0 spiro atoms. The zero-order valence-electron chi connectivity index (χ0n) is 22.5. The highest BCUT2D eigenvalue weighted by atomic mass is 127. The molecule has 3 heteroatoms. The molecule has 0 N–H and O–H groups in total. The van der Waals surface area contributed by atoms with Gasteiger partial charge in [0.15, 0.2) is 5.71 Å². The number of rotatable bonds is 12. The quantitative estimate of drug-likeness (QED) is 0.140. The van der Waals surface area contributed by atoms with E-state index in [0.29, 0.717) is 0 Å². The zero-order valence-corrected chi connectivity index (χ0v) is 24.7. The van der Waals surface area contributed by atoms with E-state index < -0.39 is 0 Å². The molecule has 0 atom stereocenters. The van der Waals surface area contributed by atoms with Crippen LogP contribution in [-0.2, 0) is 5.41 Å². The molecule has 0 aromatic heterocycles. The van der Waals surface area contributed by atoms with Crippen LogP contribution in [0.2, 0.25) is 0 Å². The van der Waals surface area contributed by atoms with E-state index in [4.69, 9.17) is 4.74 Å². The van der Waals surface area contributed by atoms with Gasteiger partial charge >= 0.3 is 0 Å². The Bertz CT molecular complexity index is 1190. The van der Waals surface area contributed by atoms with Crippen LogP contribution in [0.1, 0.15) is 83.3 Å². The van der Waals surface area contributed by atoms with Crippen molar-refractivity contribution in [1.82, 2.24) is 0 Å². The van der Waals surface area contributed by atoms with Gasteiger partial charge < -0.3 is 28.7 Å². The number of unbranched alkanes of at least 4 members (excludes halogenated alkanes) is 7. The van der Waals surface area contributed by atoms with Gasteiger partial charge in [-0.3, -0.25) is 0 Å². The van der Waals surface area contributed by atoms with Crippen molar-refractivity contribution in [3.63, 3.8) is 0 Å². The molecule has 1 aliphatic heterocycles. The molecule has 0 bridgehead atoms. The van der Waals surface area contributed by atoms with Crippen LogP contribution in [0.4, 0.5) is 5.69 Å². The van der Waals surface area contributed by atoms with Crippen molar-refractivity contribution in [3.8, 4) is 5.75 Å². The minimum atomic E-state index is -0.0551. The Labute approximate surface area is 235 Å². The fourth-order valence-electron chi connectivity index (χ4n) is 5.47. The summed E-state index contributed by atoms with van der Waals surface area (Å²) in [5, 5.41) is 2.66. The molecule has 1 aliphatic rings. The summed E-state index contributed by atoms with van der Waals surface area (Å²) in [4.78, 5) is 0. The van der Waals surface area contributed by atoms with Crippen LogP contribution in [0, 0.1) is 0 Å². The maximum Gasteiger partial charge on any atom is 0.210 e. The lowest BCUT2D eigenvalue weighted by molar-refractivity contribution is -0.401. The molecule has 0 amide bonds. The number of hydrogen-bond acceptors (Lipinski definition) is 1. The molecule has 0 saturated heterocycles. The van der Waals surface area contributed by atoms with E-state index in [1.807, 2.05) is 0 Å². The first kappa shape index (κ1) is 28.4. The fraction of sp³-hybridized carbons (Fsp3) is 0.424. The lowest BCUT2D eigenvalue weighted by Crippen LogP contribution is -3.00. The Morgan fingerprint density at radius 3 is 2.17 bits per heavy atom. The van der Waals surface area contributed by atoms with Gasteiger partial charge in [-0.25, -0.2) is 0 Å². The summed E-state index contributed by atoms with van der Waals surface area (Å²) in [5.74, 6) is 0.968. The van der Waals surface area contributed by atoms with Crippen molar-refractivity contribution in [1.29, 1.82) is 0 Å². The number of nitrogens with zero attached hydrogens (tertiary/aromatic N) is 1. The smallest absolute Gasteiger partial charge is 0.210 e. The predicted octanol–water partition coefficient (Wildman–Crippen LogP) is 6.08. The predicted molar refractivity (Wildman–Crippen MR) is 151 cm³/mol. The average molecular weight is 596 g/mol. The number of hydrogen-bond donors (Lipinski definition) is 0. The van der Waals surface area contributed by atoms with Gasteiger partial charge in [-0.2, -0.15) is 4.58 Å². The monoisotopic (exact) mass is 595 g/mol. The molecular formula is C33H42INO. The lowest BCUT2D eigenvalue weighted by atomic mass is 9.79. The third kappa shape index (κ3) is 6.59. The summed E-state index contributed by atoms with van der Waals surface area (Å²) in [6.45, 7) is 7.76. The number of fused-ring (bicyclic) bond motifs is 3. The fourth-order valence-corrected chi connectivity index (χ4v) is 5.47. The van der Waals surface area contributed by atoms with Crippen LogP contribution in [-0.4, -0.2) is 23.9 Å². The van der Waals surface area contributed by atoms with Gasteiger partial charge in [-0.1, -0.05) is 88.3 Å². The molecule has 1 heterocycles. The summed E-state index contributed by atoms with van der Waals surface area (Å²) in [6.07, 6.45) is 15.1. The van der Waals surface area contributed by atoms with Crippen LogP contribution in [0.15, 0.2) is 66.7 Å². The number of allylic oxidation sites excluding steroid dienone is 1. The van der Waals surface area contributed by atoms with E-state index in [9.17, 15) is 0 Å². The molecule has 36 heavy (non-hydrogen) atoms. The molecule has 0 unspecified atom stereocenters. The molecule has 0 saturated carbocycles. The second kappa shape index (κ2) is 13.4. The van der Waals surface area contributed by atoms with Crippen LogP contribution in [0.25, 0.3) is 16.8 Å². The second-order valence-electron chi connectivity index (χ2n) is 10.5. The Balaban J connectivity index is 0.00000361. The van der Waals surface area contributed by atoms with E-state index in [0.717, 1.165) is 18.8 Å². The molecule has 0 fully saturated rings. The largest absolute Gasteiger partial charge is 1.00 e. The highest BCUT2D eigenvalue weighted by Crippen LogP contribution is 2.43. The van der Waals surface area contributed by atoms with Crippen LogP contribution in [0.3, 0.4) is 0 Å². The topological polar surface area (TPSA) is 12.2 Å². The van der Waals surface area contributed by atoms with Gasteiger partial charge in [-0.15, -0.1) is 0 Å². The molecule has 0 aliphatic carbocycles. The number of benzene rings is 3. The summed E-state index contributed by atoms with van der Waals surface area (Å²) < 4.78 is 8.33. The lowest BCUT2D eigenvalue weighted by Gasteiger charge is -2.17. The highest BCUT2D eigenvalue weighted by molar-refractivity contribution is 6.09. The third-order valence-electron chi connectivity index (χ3n) is 7.48. The summed E-state index contributed by atoms with van der Waals surface area (Å²) >= 11 is 0. The molecule has 3 aromatic carbocycles. The van der Waals surface area contributed by atoms with Crippen molar-refractivity contribution >= 4 is 28.2 Å². The van der Waals surface area contributed by atoms with Gasteiger partial charge in [0.05, 0.1) is 12.0 Å².